The van der Waals surface area contributed by atoms with Crippen molar-refractivity contribution >= 4 is 27.1 Å². The standard InChI is InChI=1S/C21H21FN2O6S/c1-28-17-5-4-15(12-18(17)29-2)24-13-20(21(25)23-7-9-30-10-8-23)31(26,27)19-6-3-14(22)11-16(19)24/h3-6,11-13H,7-10H2,1-2H3. The van der Waals surface area contributed by atoms with Crippen molar-refractivity contribution in [1.29, 1.82) is 0 Å². The van der Waals surface area contributed by atoms with Crippen LogP contribution in [-0.4, -0.2) is 59.7 Å². The number of hydrogen-bond donors (Lipinski definition) is 0. The van der Waals surface area contributed by atoms with Crippen LogP contribution < -0.4 is 14.4 Å². The Kier molecular flexibility index (Phi) is 5.59. The fraction of sp³-hybridized carbons (Fsp3) is 0.286. The van der Waals surface area contributed by atoms with E-state index in [4.69, 9.17) is 14.2 Å². The number of methoxy groups -OCH3 is 2. The minimum Gasteiger partial charge on any atom is -0.493 e. The van der Waals surface area contributed by atoms with Gasteiger partial charge in [-0.1, -0.05) is 0 Å². The van der Waals surface area contributed by atoms with Crippen molar-refractivity contribution in [2.75, 3.05) is 45.4 Å². The highest BCUT2D eigenvalue weighted by Gasteiger charge is 2.38. The largest absolute Gasteiger partial charge is 0.493 e. The molecule has 8 nitrogen and oxygen atoms in total. The van der Waals surface area contributed by atoms with Crippen molar-refractivity contribution < 1.29 is 31.8 Å². The van der Waals surface area contributed by atoms with Gasteiger partial charge in [0.2, 0.25) is 9.84 Å². The van der Waals surface area contributed by atoms with Gasteiger partial charge in [0, 0.05) is 31.0 Å². The van der Waals surface area contributed by atoms with Gasteiger partial charge in [-0.25, -0.2) is 12.8 Å². The predicted molar refractivity (Wildman–Crippen MR) is 111 cm³/mol. The van der Waals surface area contributed by atoms with Crippen molar-refractivity contribution in [2.45, 2.75) is 4.90 Å². The number of amides is 1. The minimum atomic E-state index is -4.15. The molecule has 0 N–H and O–H groups in total. The smallest absolute Gasteiger partial charge is 0.267 e. The molecule has 1 saturated heterocycles. The SMILES string of the molecule is COc1ccc(N2C=C(C(=O)N3CCOCC3)S(=O)(=O)c3ccc(F)cc32)cc1OC. The molecule has 164 valence electrons. The van der Waals surface area contributed by atoms with E-state index in [1.807, 2.05) is 0 Å². The van der Waals surface area contributed by atoms with E-state index >= 15 is 0 Å². The Morgan fingerprint density at radius 1 is 1.03 bits per heavy atom. The first-order valence-electron chi connectivity index (χ1n) is 9.51. The molecule has 4 rings (SSSR count). The third-order valence-electron chi connectivity index (χ3n) is 5.16. The average molecular weight is 448 g/mol. The normalized spacial score (nSPS) is 17.6. The van der Waals surface area contributed by atoms with Gasteiger partial charge in [-0.05, 0) is 30.3 Å². The second-order valence-corrected chi connectivity index (χ2v) is 8.81. The second kappa shape index (κ2) is 8.20. The lowest BCUT2D eigenvalue weighted by atomic mass is 10.2. The highest BCUT2D eigenvalue weighted by atomic mass is 32.2. The number of sulfone groups is 1. The predicted octanol–water partition coefficient (Wildman–Crippen LogP) is 2.47. The molecule has 0 unspecified atom stereocenters. The van der Waals surface area contributed by atoms with E-state index in [9.17, 15) is 17.6 Å². The van der Waals surface area contributed by atoms with E-state index in [2.05, 4.69) is 0 Å². The van der Waals surface area contributed by atoms with Crippen molar-refractivity contribution in [3.05, 3.63) is 53.3 Å². The van der Waals surface area contributed by atoms with Crippen molar-refractivity contribution in [3.63, 3.8) is 0 Å². The van der Waals surface area contributed by atoms with E-state index < -0.39 is 21.6 Å². The molecule has 0 saturated carbocycles. The number of halogens is 1. The summed E-state index contributed by atoms with van der Waals surface area (Å²) < 4.78 is 56.4. The molecule has 2 aliphatic heterocycles. The number of ether oxygens (including phenoxy) is 3. The number of nitrogens with zero attached hydrogens (tertiary/aromatic N) is 2. The van der Waals surface area contributed by atoms with Gasteiger partial charge in [-0.3, -0.25) is 4.79 Å². The first-order valence-corrected chi connectivity index (χ1v) is 11.0. The molecule has 0 radical (unpaired) electrons. The first kappa shape index (κ1) is 21.1. The van der Waals surface area contributed by atoms with Crippen LogP contribution in [0.15, 0.2) is 52.4 Å². The Hall–Kier alpha value is -3.11. The van der Waals surface area contributed by atoms with Crippen LogP contribution in [0.4, 0.5) is 15.8 Å². The topological polar surface area (TPSA) is 85.4 Å². The number of benzene rings is 2. The van der Waals surface area contributed by atoms with Gasteiger partial charge in [0.1, 0.15) is 5.82 Å². The Labute approximate surface area is 179 Å². The van der Waals surface area contributed by atoms with Crippen LogP contribution >= 0.6 is 0 Å². The van der Waals surface area contributed by atoms with Crippen LogP contribution in [0.1, 0.15) is 0 Å². The van der Waals surface area contributed by atoms with E-state index in [-0.39, 0.29) is 15.5 Å². The Balaban J connectivity index is 1.88. The number of carbonyl (C=O) groups excluding carboxylic acids is 1. The van der Waals surface area contributed by atoms with Crippen molar-refractivity contribution in [3.8, 4) is 11.5 Å². The van der Waals surface area contributed by atoms with Crippen molar-refractivity contribution in [1.82, 2.24) is 4.90 Å². The summed E-state index contributed by atoms with van der Waals surface area (Å²) in [6.45, 7) is 1.25. The van der Waals surface area contributed by atoms with Crippen LogP contribution in [0, 0.1) is 5.82 Å². The molecule has 1 amide bonds. The maximum atomic E-state index is 14.1. The molecule has 2 aromatic carbocycles. The van der Waals surface area contributed by atoms with E-state index in [1.165, 1.54) is 36.3 Å². The average Bonchev–Trinajstić information content (AvgIpc) is 2.78. The Morgan fingerprint density at radius 2 is 1.74 bits per heavy atom. The fourth-order valence-corrected chi connectivity index (χ4v) is 5.08. The third-order valence-corrected chi connectivity index (χ3v) is 6.94. The van der Waals surface area contributed by atoms with Crippen LogP contribution in [0.5, 0.6) is 11.5 Å². The quantitative estimate of drug-likeness (QED) is 0.665. The molecular formula is C21H21FN2O6S. The molecule has 0 aliphatic carbocycles. The number of anilines is 2. The van der Waals surface area contributed by atoms with Gasteiger partial charge in [0.15, 0.2) is 16.4 Å². The maximum absolute atomic E-state index is 14.1. The lowest BCUT2D eigenvalue weighted by Crippen LogP contribution is -2.43. The molecule has 0 spiro atoms. The molecule has 2 aliphatic rings. The molecule has 2 heterocycles. The lowest BCUT2D eigenvalue weighted by molar-refractivity contribution is -0.130. The lowest BCUT2D eigenvalue weighted by Gasteiger charge is -2.32. The van der Waals surface area contributed by atoms with Gasteiger partial charge in [-0.2, -0.15) is 0 Å². The molecule has 2 aromatic rings. The van der Waals surface area contributed by atoms with Crippen molar-refractivity contribution in [2.24, 2.45) is 0 Å². The zero-order valence-electron chi connectivity index (χ0n) is 17.0. The van der Waals surface area contributed by atoms with Gasteiger partial charge >= 0.3 is 0 Å². The molecule has 31 heavy (non-hydrogen) atoms. The first-order chi connectivity index (χ1) is 14.9. The van der Waals surface area contributed by atoms with Gasteiger partial charge < -0.3 is 24.0 Å². The zero-order chi connectivity index (χ0) is 22.2. The number of hydrogen-bond acceptors (Lipinski definition) is 7. The van der Waals surface area contributed by atoms with Crippen LogP contribution in [0.2, 0.25) is 0 Å². The summed E-state index contributed by atoms with van der Waals surface area (Å²) >= 11 is 0. The number of rotatable bonds is 4. The van der Waals surface area contributed by atoms with Gasteiger partial charge in [0.25, 0.3) is 5.91 Å². The molecule has 10 heteroatoms. The summed E-state index contributed by atoms with van der Waals surface area (Å²) in [5.74, 6) is -0.343. The van der Waals surface area contributed by atoms with E-state index in [1.54, 1.807) is 18.2 Å². The fourth-order valence-electron chi connectivity index (χ4n) is 3.56. The number of carbonyl (C=O) groups is 1. The summed E-state index contributed by atoms with van der Waals surface area (Å²) in [5, 5.41) is 0. The summed E-state index contributed by atoms with van der Waals surface area (Å²) in [7, 11) is -1.19. The van der Waals surface area contributed by atoms with Gasteiger partial charge in [0.05, 0.1) is 38.0 Å². The summed E-state index contributed by atoms with van der Waals surface area (Å²) in [4.78, 5) is 15.5. The molecular weight excluding hydrogens is 427 g/mol. The molecule has 0 atom stereocenters. The minimum absolute atomic E-state index is 0.103. The Morgan fingerprint density at radius 3 is 2.42 bits per heavy atom. The number of morpholine rings is 1. The Bertz CT molecular complexity index is 1160. The van der Waals surface area contributed by atoms with E-state index in [0.29, 0.717) is 43.5 Å². The van der Waals surface area contributed by atoms with E-state index in [0.717, 1.165) is 12.1 Å². The molecule has 0 bridgehead atoms. The summed E-state index contributed by atoms with van der Waals surface area (Å²) in [5.41, 5.74) is 0.581. The highest BCUT2D eigenvalue weighted by molar-refractivity contribution is 7.96. The molecule has 0 aromatic heterocycles. The van der Waals surface area contributed by atoms with Gasteiger partial charge in [-0.15, -0.1) is 0 Å². The summed E-state index contributed by atoms with van der Waals surface area (Å²) in [6.07, 6.45) is 1.23. The molecule has 1 fully saturated rings. The highest BCUT2D eigenvalue weighted by Crippen LogP contribution is 2.42. The maximum Gasteiger partial charge on any atom is 0.267 e. The summed E-state index contributed by atoms with van der Waals surface area (Å²) in [6, 6.07) is 8.29. The van der Waals surface area contributed by atoms with Crippen LogP contribution in [0.25, 0.3) is 0 Å². The number of fused-ring (bicyclic) bond motifs is 1. The third kappa shape index (κ3) is 3.72. The van der Waals surface area contributed by atoms with Crippen LogP contribution in [-0.2, 0) is 19.4 Å². The monoisotopic (exact) mass is 448 g/mol. The second-order valence-electron chi connectivity index (χ2n) is 6.92. The zero-order valence-corrected chi connectivity index (χ0v) is 17.8. The van der Waals surface area contributed by atoms with Crippen LogP contribution in [0.3, 0.4) is 0 Å².